The topological polar surface area (TPSA) is 23.8 Å². The van der Waals surface area contributed by atoms with Gasteiger partial charge in [0.05, 0.1) is 6.07 Å². The molecule has 0 aliphatic rings. The third-order valence-electron chi connectivity index (χ3n) is 1.61. The van der Waals surface area contributed by atoms with E-state index in [1.54, 1.807) is 0 Å². The van der Waals surface area contributed by atoms with Gasteiger partial charge in [-0.15, -0.1) is 0 Å². The van der Waals surface area contributed by atoms with Crippen LogP contribution in [0.1, 0.15) is 20.3 Å². The van der Waals surface area contributed by atoms with Gasteiger partial charge in [0.1, 0.15) is 0 Å². The molecule has 1 nitrogen and oxygen atoms in total. The van der Waals surface area contributed by atoms with Crippen LogP contribution in [0.4, 0.5) is 3.89 Å². The molecule has 0 saturated heterocycles. The van der Waals surface area contributed by atoms with Crippen molar-refractivity contribution >= 4 is 10.4 Å². The molecule has 0 N–H and O–H groups in total. The highest BCUT2D eigenvalue weighted by Gasteiger charge is 2.17. The van der Waals surface area contributed by atoms with Crippen molar-refractivity contribution in [2.75, 3.05) is 17.3 Å². The molecule has 0 fully saturated rings. The lowest BCUT2D eigenvalue weighted by molar-refractivity contribution is 0.872. The SMILES string of the molecule is CCS(F)(CC)CCC#N. The molecule has 0 aromatic carbocycles. The first-order valence-corrected chi connectivity index (χ1v) is 5.55. The Labute approximate surface area is 63.8 Å². The number of nitriles is 1. The van der Waals surface area contributed by atoms with Gasteiger partial charge < -0.3 is 0 Å². The minimum Gasteiger partial charge on any atom is -0.198 e. The van der Waals surface area contributed by atoms with E-state index in [1.807, 2.05) is 19.9 Å². The van der Waals surface area contributed by atoms with E-state index >= 15 is 0 Å². The Kier molecular flexibility index (Phi) is 4.46. The molecule has 0 saturated carbocycles. The van der Waals surface area contributed by atoms with Crippen molar-refractivity contribution in [2.45, 2.75) is 20.3 Å². The second-order valence-corrected chi connectivity index (χ2v) is 5.57. The quantitative estimate of drug-likeness (QED) is 0.625. The summed E-state index contributed by atoms with van der Waals surface area (Å²) >= 11 is 0. The van der Waals surface area contributed by atoms with Crippen molar-refractivity contribution in [3.63, 3.8) is 0 Å². The van der Waals surface area contributed by atoms with Crippen LogP contribution in [0.2, 0.25) is 0 Å². The lowest BCUT2D eigenvalue weighted by Crippen LogP contribution is -2.03. The van der Waals surface area contributed by atoms with Crippen molar-refractivity contribution in [1.82, 2.24) is 0 Å². The average molecular weight is 163 g/mol. The van der Waals surface area contributed by atoms with E-state index in [2.05, 4.69) is 0 Å². The monoisotopic (exact) mass is 163 g/mol. The highest BCUT2D eigenvalue weighted by molar-refractivity contribution is 8.29. The fourth-order valence-corrected chi connectivity index (χ4v) is 2.16. The van der Waals surface area contributed by atoms with Crippen LogP contribution in [0.25, 0.3) is 0 Å². The van der Waals surface area contributed by atoms with Crippen LogP contribution in [0.5, 0.6) is 0 Å². The second kappa shape index (κ2) is 4.56. The lowest BCUT2D eigenvalue weighted by atomic mass is 10.6. The van der Waals surface area contributed by atoms with Gasteiger partial charge in [0, 0.05) is 23.7 Å². The van der Waals surface area contributed by atoms with Gasteiger partial charge in [0.25, 0.3) is 0 Å². The van der Waals surface area contributed by atoms with Crippen LogP contribution < -0.4 is 0 Å². The smallest absolute Gasteiger partial charge is 0.0630 e. The molecule has 0 aliphatic carbocycles. The molecule has 0 unspecified atom stereocenters. The first-order chi connectivity index (χ1) is 4.68. The Bertz CT molecular complexity index is 126. The summed E-state index contributed by atoms with van der Waals surface area (Å²) < 4.78 is 13.4. The maximum absolute atomic E-state index is 13.4. The standard InChI is InChI=1S/C7H14FNS/c1-3-10(8,4-2)7-5-6-9/h3-5,7H2,1-2H3. The van der Waals surface area contributed by atoms with Crippen molar-refractivity contribution in [3.8, 4) is 6.07 Å². The Morgan fingerprint density at radius 3 is 2.20 bits per heavy atom. The Morgan fingerprint density at radius 1 is 1.40 bits per heavy atom. The second-order valence-electron chi connectivity index (χ2n) is 2.13. The molecular weight excluding hydrogens is 149 g/mol. The molecule has 0 aliphatic heterocycles. The van der Waals surface area contributed by atoms with E-state index < -0.39 is 10.4 Å². The maximum Gasteiger partial charge on any atom is 0.0630 e. The first kappa shape index (κ1) is 9.77. The third-order valence-corrected chi connectivity index (χ3v) is 4.62. The van der Waals surface area contributed by atoms with Gasteiger partial charge in [0.15, 0.2) is 0 Å². The molecule has 0 radical (unpaired) electrons. The summed E-state index contributed by atoms with van der Waals surface area (Å²) in [6, 6.07) is 1.97. The zero-order chi connectivity index (χ0) is 8.04. The predicted octanol–water partition coefficient (Wildman–Crippen LogP) is 2.63. The van der Waals surface area contributed by atoms with Crippen molar-refractivity contribution < 1.29 is 3.89 Å². The number of nitrogens with zero attached hydrogens (tertiary/aromatic N) is 1. The van der Waals surface area contributed by atoms with Crippen LogP contribution in [-0.2, 0) is 0 Å². The van der Waals surface area contributed by atoms with Gasteiger partial charge in [-0.2, -0.15) is 9.15 Å². The van der Waals surface area contributed by atoms with E-state index in [0.717, 1.165) is 0 Å². The summed E-state index contributed by atoms with van der Waals surface area (Å²) in [7, 11) is -1.90. The minimum absolute atomic E-state index is 0.369. The predicted molar refractivity (Wildman–Crippen MR) is 44.9 cm³/mol. The lowest BCUT2D eigenvalue weighted by Gasteiger charge is -2.26. The largest absolute Gasteiger partial charge is 0.198 e. The van der Waals surface area contributed by atoms with Crippen LogP contribution in [0.15, 0.2) is 0 Å². The molecule has 0 bridgehead atoms. The van der Waals surface area contributed by atoms with Crippen LogP contribution in [0, 0.1) is 11.3 Å². The van der Waals surface area contributed by atoms with Gasteiger partial charge in [-0.1, -0.05) is 24.3 Å². The molecule has 0 spiro atoms. The van der Waals surface area contributed by atoms with Gasteiger partial charge in [-0.25, -0.2) is 0 Å². The van der Waals surface area contributed by atoms with Crippen LogP contribution in [0.3, 0.4) is 0 Å². The van der Waals surface area contributed by atoms with Crippen molar-refractivity contribution in [1.29, 1.82) is 5.26 Å². The van der Waals surface area contributed by atoms with E-state index in [9.17, 15) is 3.89 Å². The molecule has 60 valence electrons. The van der Waals surface area contributed by atoms with Gasteiger partial charge in [-0.05, 0) is 0 Å². The molecule has 3 heteroatoms. The summed E-state index contributed by atoms with van der Waals surface area (Å²) in [5.74, 6) is 1.67. The third kappa shape index (κ3) is 3.07. The number of halogens is 1. The van der Waals surface area contributed by atoms with Gasteiger partial charge in [0.2, 0.25) is 0 Å². The summed E-state index contributed by atoms with van der Waals surface area (Å²) in [6.45, 7) is 3.71. The number of hydrogen-bond acceptors (Lipinski definition) is 1. The van der Waals surface area contributed by atoms with E-state index in [-0.39, 0.29) is 0 Å². The van der Waals surface area contributed by atoms with Gasteiger partial charge >= 0.3 is 0 Å². The highest BCUT2D eigenvalue weighted by atomic mass is 32.3. The van der Waals surface area contributed by atoms with E-state index in [1.165, 1.54) is 0 Å². The van der Waals surface area contributed by atoms with Crippen molar-refractivity contribution in [3.05, 3.63) is 0 Å². The Hall–Kier alpha value is -0.230. The average Bonchev–Trinajstić information content (AvgIpc) is 2.00. The molecule has 0 amide bonds. The number of rotatable bonds is 4. The summed E-state index contributed by atoms with van der Waals surface area (Å²) in [5.41, 5.74) is 0. The normalized spacial score (nSPS) is 12.6. The molecule has 0 rings (SSSR count). The molecule has 0 aromatic heterocycles. The minimum atomic E-state index is -1.90. The van der Waals surface area contributed by atoms with Crippen LogP contribution >= 0.6 is 10.4 Å². The number of hydrogen-bond donors (Lipinski definition) is 0. The zero-order valence-electron chi connectivity index (χ0n) is 6.56. The molecule has 10 heavy (non-hydrogen) atoms. The molecule has 0 heterocycles. The Morgan fingerprint density at radius 2 is 1.90 bits per heavy atom. The summed E-state index contributed by atoms with van der Waals surface area (Å²) in [5, 5.41) is 8.22. The van der Waals surface area contributed by atoms with Gasteiger partial charge in [-0.3, -0.25) is 0 Å². The van der Waals surface area contributed by atoms with Crippen LogP contribution in [-0.4, -0.2) is 17.3 Å². The van der Waals surface area contributed by atoms with Crippen molar-refractivity contribution in [2.24, 2.45) is 0 Å². The molecule has 0 aromatic rings. The zero-order valence-corrected chi connectivity index (χ0v) is 7.38. The fourth-order valence-electron chi connectivity index (χ4n) is 0.721. The Balaban J connectivity index is 3.71. The first-order valence-electron chi connectivity index (χ1n) is 3.51. The van der Waals surface area contributed by atoms with E-state index in [0.29, 0.717) is 23.7 Å². The summed E-state index contributed by atoms with van der Waals surface area (Å²) in [4.78, 5) is 0. The fraction of sp³-hybridized carbons (Fsp3) is 0.857. The molecular formula is C7H14FNS. The van der Waals surface area contributed by atoms with E-state index in [4.69, 9.17) is 5.26 Å². The highest BCUT2D eigenvalue weighted by Crippen LogP contribution is 2.49. The summed E-state index contributed by atoms with van der Waals surface area (Å²) in [6.07, 6.45) is 0.369. The maximum atomic E-state index is 13.4. The molecule has 0 atom stereocenters.